The Bertz CT molecular complexity index is 268. The molecule has 13 heavy (non-hydrogen) atoms. The van der Waals surface area contributed by atoms with Gasteiger partial charge in [0.05, 0.1) is 19.0 Å². The maximum atomic E-state index is 5.68. The molecule has 0 fully saturated rings. The predicted molar refractivity (Wildman–Crippen MR) is 51.7 cm³/mol. The monoisotopic (exact) mass is 183 g/mol. The Hall–Kier alpha value is -1.03. The van der Waals surface area contributed by atoms with Crippen LogP contribution in [0.2, 0.25) is 0 Å². The first-order valence-electron chi connectivity index (χ1n) is 4.45. The first-order chi connectivity index (χ1) is 6.15. The normalized spacial score (nSPS) is 12.9. The van der Waals surface area contributed by atoms with E-state index in [1.807, 2.05) is 18.7 Å². The number of rotatable bonds is 4. The Morgan fingerprint density at radius 3 is 2.92 bits per heavy atom. The molecule has 1 unspecified atom stereocenters. The van der Waals surface area contributed by atoms with Crippen molar-refractivity contribution in [2.75, 3.05) is 7.11 Å². The molecule has 1 heterocycles. The third-order valence-electron chi connectivity index (χ3n) is 2.08. The molecule has 0 radical (unpaired) electrons. The minimum Gasteiger partial charge on any atom is -0.493 e. The van der Waals surface area contributed by atoms with E-state index >= 15 is 0 Å². The van der Waals surface area contributed by atoms with Gasteiger partial charge in [0.25, 0.3) is 0 Å². The zero-order chi connectivity index (χ0) is 9.84. The summed E-state index contributed by atoms with van der Waals surface area (Å²) in [7, 11) is 3.57. The summed E-state index contributed by atoms with van der Waals surface area (Å²) in [6.07, 6.45) is 3.60. The highest BCUT2D eigenvalue weighted by Crippen LogP contribution is 2.18. The smallest absolute Gasteiger partial charge is 0.159 e. The molecule has 0 saturated carbocycles. The first-order valence-corrected chi connectivity index (χ1v) is 4.45. The number of methoxy groups -OCH3 is 1. The Kier molecular flexibility index (Phi) is 3.31. The quantitative estimate of drug-likeness (QED) is 0.748. The lowest BCUT2D eigenvalue weighted by molar-refractivity contribution is 0.406. The lowest BCUT2D eigenvalue weighted by Crippen LogP contribution is -2.16. The average molecular weight is 183 g/mol. The van der Waals surface area contributed by atoms with Gasteiger partial charge in [-0.3, -0.25) is 4.68 Å². The Morgan fingerprint density at radius 2 is 2.38 bits per heavy atom. The van der Waals surface area contributed by atoms with E-state index in [1.54, 1.807) is 13.3 Å². The summed E-state index contributed by atoms with van der Waals surface area (Å²) in [6, 6.07) is 0.222. The third kappa shape index (κ3) is 2.45. The van der Waals surface area contributed by atoms with E-state index in [9.17, 15) is 0 Å². The molecule has 0 aliphatic rings. The third-order valence-corrected chi connectivity index (χ3v) is 2.08. The molecule has 0 spiro atoms. The maximum absolute atomic E-state index is 5.68. The molecule has 4 heteroatoms. The van der Waals surface area contributed by atoms with E-state index in [0.29, 0.717) is 0 Å². The van der Waals surface area contributed by atoms with E-state index in [1.165, 1.54) is 0 Å². The van der Waals surface area contributed by atoms with E-state index in [4.69, 9.17) is 10.5 Å². The lowest BCUT2D eigenvalue weighted by Gasteiger charge is -2.07. The zero-order valence-corrected chi connectivity index (χ0v) is 8.45. The van der Waals surface area contributed by atoms with E-state index in [0.717, 1.165) is 24.3 Å². The molecule has 1 aromatic rings. The standard InChI is InChI=1S/C9H17N3O/c1-7(10)4-5-8-9(13-3)6-11-12(8)2/h6-7H,4-5,10H2,1-3H3. The van der Waals surface area contributed by atoms with Crippen LogP contribution in [-0.4, -0.2) is 22.9 Å². The molecule has 2 N–H and O–H groups in total. The van der Waals surface area contributed by atoms with Crippen LogP contribution in [0.1, 0.15) is 19.0 Å². The largest absolute Gasteiger partial charge is 0.493 e. The second kappa shape index (κ2) is 4.28. The van der Waals surface area contributed by atoms with Crippen molar-refractivity contribution in [2.45, 2.75) is 25.8 Å². The number of nitrogens with two attached hydrogens (primary N) is 1. The van der Waals surface area contributed by atoms with E-state index in [2.05, 4.69) is 5.10 Å². The number of hydrogen-bond donors (Lipinski definition) is 1. The van der Waals surface area contributed by atoms with Crippen molar-refractivity contribution in [3.63, 3.8) is 0 Å². The van der Waals surface area contributed by atoms with Gasteiger partial charge in [0.1, 0.15) is 0 Å². The number of ether oxygens (including phenoxy) is 1. The Balaban J connectivity index is 2.68. The molecule has 0 saturated heterocycles. The van der Waals surface area contributed by atoms with Gasteiger partial charge < -0.3 is 10.5 Å². The topological polar surface area (TPSA) is 53.1 Å². The fourth-order valence-corrected chi connectivity index (χ4v) is 1.26. The summed E-state index contributed by atoms with van der Waals surface area (Å²) in [4.78, 5) is 0. The van der Waals surface area contributed by atoms with Crippen LogP contribution in [0.15, 0.2) is 6.20 Å². The molecule has 0 bridgehead atoms. The van der Waals surface area contributed by atoms with Crippen LogP contribution >= 0.6 is 0 Å². The predicted octanol–water partition coefficient (Wildman–Crippen LogP) is 0.709. The number of aromatic nitrogens is 2. The summed E-state index contributed by atoms with van der Waals surface area (Å²) in [6.45, 7) is 2.00. The van der Waals surface area contributed by atoms with Gasteiger partial charge in [-0.15, -0.1) is 0 Å². The molecule has 0 aliphatic heterocycles. The second-order valence-corrected chi connectivity index (χ2v) is 3.30. The van der Waals surface area contributed by atoms with Crippen LogP contribution in [0, 0.1) is 0 Å². The lowest BCUT2D eigenvalue weighted by atomic mass is 10.1. The Labute approximate surface area is 78.7 Å². The van der Waals surface area contributed by atoms with Gasteiger partial charge in [0.15, 0.2) is 5.75 Å². The average Bonchev–Trinajstić information content (AvgIpc) is 2.43. The fourth-order valence-electron chi connectivity index (χ4n) is 1.26. The van der Waals surface area contributed by atoms with Crippen molar-refractivity contribution >= 4 is 0 Å². The molecule has 4 nitrogen and oxygen atoms in total. The van der Waals surface area contributed by atoms with Gasteiger partial charge in [-0.1, -0.05) is 0 Å². The molecule has 74 valence electrons. The van der Waals surface area contributed by atoms with Crippen LogP contribution < -0.4 is 10.5 Å². The molecule has 1 atom stereocenters. The fraction of sp³-hybridized carbons (Fsp3) is 0.667. The summed E-state index contributed by atoms with van der Waals surface area (Å²) in [5.41, 5.74) is 6.79. The summed E-state index contributed by atoms with van der Waals surface area (Å²) in [5.74, 6) is 0.850. The first kappa shape index (κ1) is 10.1. The van der Waals surface area contributed by atoms with Gasteiger partial charge >= 0.3 is 0 Å². The van der Waals surface area contributed by atoms with E-state index in [-0.39, 0.29) is 6.04 Å². The van der Waals surface area contributed by atoms with Gasteiger partial charge in [0.2, 0.25) is 0 Å². The van der Waals surface area contributed by atoms with Crippen molar-refractivity contribution < 1.29 is 4.74 Å². The van der Waals surface area contributed by atoms with E-state index < -0.39 is 0 Å². The molecule has 1 rings (SSSR count). The minimum absolute atomic E-state index is 0.222. The molecular weight excluding hydrogens is 166 g/mol. The number of aryl methyl sites for hydroxylation is 1. The summed E-state index contributed by atoms with van der Waals surface area (Å²) in [5, 5.41) is 4.12. The molecular formula is C9H17N3O. The second-order valence-electron chi connectivity index (χ2n) is 3.30. The van der Waals surface area contributed by atoms with Crippen molar-refractivity contribution in [3.05, 3.63) is 11.9 Å². The van der Waals surface area contributed by atoms with Gasteiger partial charge in [-0.05, 0) is 19.8 Å². The van der Waals surface area contributed by atoms with Crippen molar-refractivity contribution in [2.24, 2.45) is 12.8 Å². The minimum atomic E-state index is 0.222. The summed E-state index contributed by atoms with van der Waals surface area (Å²) >= 11 is 0. The SMILES string of the molecule is COc1cnn(C)c1CCC(C)N. The molecule has 0 amide bonds. The molecule has 0 aliphatic carbocycles. The van der Waals surface area contributed by atoms with Crippen molar-refractivity contribution in [3.8, 4) is 5.75 Å². The highest BCUT2D eigenvalue weighted by Gasteiger charge is 2.08. The van der Waals surface area contributed by atoms with Crippen LogP contribution in [0.25, 0.3) is 0 Å². The van der Waals surface area contributed by atoms with Crippen molar-refractivity contribution in [1.82, 2.24) is 9.78 Å². The maximum Gasteiger partial charge on any atom is 0.159 e. The number of hydrogen-bond acceptors (Lipinski definition) is 3. The molecule has 1 aromatic heterocycles. The van der Waals surface area contributed by atoms with Crippen LogP contribution in [0.3, 0.4) is 0 Å². The van der Waals surface area contributed by atoms with Crippen LogP contribution in [0.4, 0.5) is 0 Å². The van der Waals surface area contributed by atoms with Gasteiger partial charge in [-0.2, -0.15) is 5.10 Å². The van der Waals surface area contributed by atoms with Crippen LogP contribution in [0.5, 0.6) is 5.75 Å². The highest BCUT2D eigenvalue weighted by molar-refractivity contribution is 5.24. The molecule has 0 aromatic carbocycles. The summed E-state index contributed by atoms with van der Waals surface area (Å²) < 4.78 is 7.01. The van der Waals surface area contributed by atoms with Crippen LogP contribution in [-0.2, 0) is 13.5 Å². The zero-order valence-electron chi connectivity index (χ0n) is 8.45. The Morgan fingerprint density at radius 1 is 1.69 bits per heavy atom. The van der Waals surface area contributed by atoms with Crippen molar-refractivity contribution in [1.29, 1.82) is 0 Å². The van der Waals surface area contributed by atoms with Gasteiger partial charge in [-0.25, -0.2) is 0 Å². The van der Waals surface area contributed by atoms with Gasteiger partial charge in [0, 0.05) is 13.1 Å². The number of nitrogens with zero attached hydrogens (tertiary/aromatic N) is 2. The highest BCUT2D eigenvalue weighted by atomic mass is 16.5.